The van der Waals surface area contributed by atoms with Gasteiger partial charge in [-0.1, -0.05) is 29.8 Å². The summed E-state index contributed by atoms with van der Waals surface area (Å²) in [6.07, 6.45) is 2.44. The lowest BCUT2D eigenvalue weighted by Gasteiger charge is -2.17. The van der Waals surface area contributed by atoms with E-state index in [9.17, 15) is 9.59 Å². The zero-order valence-electron chi connectivity index (χ0n) is 15.4. The van der Waals surface area contributed by atoms with Gasteiger partial charge in [-0.3, -0.25) is 4.79 Å². The molecule has 0 aliphatic carbocycles. The van der Waals surface area contributed by atoms with Gasteiger partial charge in [-0.2, -0.15) is 17.0 Å². The highest BCUT2D eigenvalue weighted by atomic mass is 32.2. The maximum absolute atomic E-state index is 12.5. The van der Waals surface area contributed by atoms with Crippen LogP contribution in [0, 0.1) is 18.3 Å². The van der Waals surface area contributed by atoms with Gasteiger partial charge in [0.15, 0.2) is 0 Å². The summed E-state index contributed by atoms with van der Waals surface area (Å²) in [5, 5.41) is 11.6. The minimum atomic E-state index is -0.705. The SMILES string of the molecule is CSCC[C@@H](NC(=O)c1cccc(C)c1)C(=O)OCc1ccc(C#N)cc1. The highest BCUT2D eigenvalue weighted by Gasteiger charge is 2.22. The van der Waals surface area contributed by atoms with E-state index in [1.807, 2.05) is 31.4 Å². The molecule has 0 aliphatic heterocycles. The number of benzene rings is 2. The molecule has 140 valence electrons. The molecular formula is C21H22N2O3S. The lowest BCUT2D eigenvalue weighted by atomic mass is 10.1. The Hall–Kier alpha value is -2.78. The lowest BCUT2D eigenvalue weighted by Crippen LogP contribution is -2.42. The van der Waals surface area contributed by atoms with Crippen LogP contribution in [0.4, 0.5) is 0 Å². The average molecular weight is 382 g/mol. The molecule has 5 nitrogen and oxygen atoms in total. The van der Waals surface area contributed by atoms with E-state index >= 15 is 0 Å². The summed E-state index contributed by atoms with van der Waals surface area (Å²) in [6, 6.07) is 15.4. The summed E-state index contributed by atoms with van der Waals surface area (Å²) in [4.78, 5) is 24.9. The number of carbonyl (C=O) groups excluding carboxylic acids is 2. The van der Waals surface area contributed by atoms with Crippen LogP contribution in [0.5, 0.6) is 0 Å². The highest BCUT2D eigenvalue weighted by Crippen LogP contribution is 2.10. The van der Waals surface area contributed by atoms with Crippen molar-refractivity contribution in [2.24, 2.45) is 0 Å². The van der Waals surface area contributed by atoms with Crippen LogP contribution >= 0.6 is 11.8 Å². The van der Waals surface area contributed by atoms with E-state index in [0.29, 0.717) is 17.5 Å². The Morgan fingerprint density at radius 3 is 2.59 bits per heavy atom. The Balaban J connectivity index is 1.99. The number of amides is 1. The molecular weight excluding hydrogens is 360 g/mol. The molecule has 1 amide bonds. The minimum absolute atomic E-state index is 0.0978. The predicted octanol–water partition coefficient (Wildman–Crippen LogP) is 3.46. The fourth-order valence-corrected chi connectivity index (χ4v) is 2.91. The number of nitrogens with one attached hydrogen (secondary N) is 1. The van der Waals surface area contributed by atoms with Crippen LogP contribution < -0.4 is 5.32 Å². The first-order valence-corrected chi connectivity index (χ1v) is 9.95. The third-order valence-corrected chi connectivity index (χ3v) is 4.59. The Morgan fingerprint density at radius 1 is 1.22 bits per heavy atom. The molecule has 0 radical (unpaired) electrons. The monoisotopic (exact) mass is 382 g/mol. The standard InChI is InChI=1S/C21H22N2O3S/c1-15-4-3-5-18(12-15)20(24)23-19(10-11-27-2)21(25)26-14-17-8-6-16(13-22)7-9-17/h3-9,12,19H,10-11,14H2,1-2H3,(H,23,24)/t19-/m1/s1. The van der Waals surface area contributed by atoms with Gasteiger partial charge in [0.25, 0.3) is 5.91 Å². The van der Waals surface area contributed by atoms with Crippen LogP contribution in [0.25, 0.3) is 0 Å². The van der Waals surface area contributed by atoms with Crippen molar-refractivity contribution in [2.45, 2.75) is 26.0 Å². The van der Waals surface area contributed by atoms with Crippen molar-refractivity contribution in [3.8, 4) is 6.07 Å². The molecule has 0 aromatic heterocycles. The summed E-state index contributed by atoms with van der Waals surface area (Å²) < 4.78 is 5.38. The second kappa shape index (κ2) is 10.4. The second-order valence-electron chi connectivity index (χ2n) is 6.09. The van der Waals surface area contributed by atoms with Gasteiger partial charge in [0.2, 0.25) is 0 Å². The lowest BCUT2D eigenvalue weighted by molar-refractivity contribution is -0.147. The first-order valence-electron chi connectivity index (χ1n) is 8.55. The molecule has 1 N–H and O–H groups in total. The van der Waals surface area contributed by atoms with Crippen molar-refractivity contribution in [1.29, 1.82) is 5.26 Å². The summed E-state index contributed by atoms with van der Waals surface area (Å²) in [7, 11) is 0. The van der Waals surface area contributed by atoms with Crippen molar-refractivity contribution < 1.29 is 14.3 Å². The zero-order chi connectivity index (χ0) is 19.6. The summed E-state index contributed by atoms with van der Waals surface area (Å²) in [6.45, 7) is 2.01. The van der Waals surface area contributed by atoms with Gasteiger partial charge in [0.05, 0.1) is 11.6 Å². The maximum atomic E-state index is 12.5. The summed E-state index contributed by atoms with van der Waals surface area (Å²) in [5.74, 6) is -0.0281. The second-order valence-corrected chi connectivity index (χ2v) is 7.08. The highest BCUT2D eigenvalue weighted by molar-refractivity contribution is 7.98. The van der Waals surface area contributed by atoms with Gasteiger partial charge >= 0.3 is 5.97 Å². The number of hydrogen-bond donors (Lipinski definition) is 1. The number of aryl methyl sites for hydroxylation is 1. The van der Waals surface area contributed by atoms with Crippen LogP contribution in [0.15, 0.2) is 48.5 Å². The Morgan fingerprint density at radius 2 is 1.96 bits per heavy atom. The molecule has 27 heavy (non-hydrogen) atoms. The fraction of sp³-hybridized carbons (Fsp3) is 0.286. The molecule has 0 fully saturated rings. The van der Waals surface area contributed by atoms with E-state index in [1.165, 1.54) is 0 Å². The Labute approximate surface area is 163 Å². The number of nitrogens with zero attached hydrogens (tertiary/aromatic N) is 1. The number of thioether (sulfide) groups is 1. The molecule has 0 saturated heterocycles. The third-order valence-electron chi connectivity index (χ3n) is 3.94. The first kappa shape index (κ1) is 20.5. The number of carbonyl (C=O) groups is 2. The van der Waals surface area contributed by atoms with E-state index < -0.39 is 12.0 Å². The van der Waals surface area contributed by atoms with E-state index in [2.05, 4.69) is 5.32 Å². The number of ether oxygens (including phenoxy) is 1. The van der Waals surface area contributed by atoms with E-state index in [0.717, 1.165) is 16.9 Å². The van der Waals surface area contributed by atoms with Gasteiger partial charge in [-0.25, -0.2) is 4.79 Å². The van der Waals surface area contributed by atoms with Crippen LogP contribution in [-0.2, 0) is 16.1 Å². The molecule has 2 rings (SSSR count). The molecule has 0 bridgehead atoms. The van der Waals surface area contributed by atoms with Gasteiger partial charge in [0, 0.05) is 5.56 Å². The normalized spacial score (nSPS) is 11.3. The molecule has 0 heterocycles. The Kier molecular flexibility index (Phi) is 7.90. The van der Waals surface area contributed by atoms with Crippen LogP contribution in [0.3, 0.4) is 0 Å². The van der Waals surface area contributed by atoms with Gasteiger partial charge in [-0.15, -0.1) is 0 Å². The van der Waals surface area contributed by atoms with E-state index in [1.54, 1.807) is 48.2 Å². The van der Waals surface area contributed by atoms with Crippen molar-refractivity contribution in [3.05, 3.63) is 70.8 Å². The molecule has 6 heteroatoms. The average Bonchev–Trinajstić information content (AvgIpc) is 2.69. The molecule has 1 atom stereocenters. The Bertz CT molecular complexity index is 828. The fourth-order valence-electron chi connectivity index (χ4n) is 2.44. The smallest absolute Gasteiger partial charge is 0.329 e. The van der Waals surface area contributed by atoms with Crippen LogP contribution in [-0.4, -0.2) is 29.9 Å². The summed E-state index contributed by atoms with van der Waals surface area (Å²) >= 11 is 1.60. The molecule has 0 spiro atoms. The van der Waals surface area contributed by atoms with Gasteiger partial charge < -0.3 is 10.1 Å². The first-order chi connectivity index (χ1) is 13.0. The number of rotatable bonds is 8. The third kappa shape index (κ3) is 6.46. The zero-order valence-corrected chi connectivity index (χ0v) is 16.2. The van der Waals surface area contributed by atoms with Crippen molar-refractivity contribution >= 4 is 23.6 Å². The summed E-state index contributed by atoms with van der Waals surface area (Å²) in [5.41, 5.74) is 2.83. The maximum Gasteiger partial charge on any atom is 0.329 e. The molecule has 2 aromatic rings. The molecule has 0 aliphatic rings. The molecule has 0 unspecified atom stereocenters. The van der Waals surface area contributed by atoms with Crippen molar-refractivity contribution in [3.63, 3.8) is 0 Å². The van der Waals surface area contributed by atoms with Gasteiger partial charge in [-0.05, 0) is 55.2 Å². The quantitative estimate of drug-likeness (QED) is 0.707. The largest absolute Gasteiger partial charge is 0.459 e. The number of esters is 1. The topological polar surface area (TPSA) is 79.2 Å². The van der Waals surface area contributed by atoms with Crippen LogP contribution in [0.2, 0.25) is 0 Å². The van der Waals surface area contributed by atoms with Gasteiger partial charge in [0.1, 0.15) is 12.6 Å². The molecule has 2 aromatic carbocycles. The van der Waals surface area contributed by atoms with Crippen molar-refractivity contribution in [1.82, 2.24) is 5.32 Å². The van der Waals surface area contributed by atoms with E-state index in [4.69, 9.17) is 10.00 Å². The van der Waals surface area contributed by atoms with Crippen LogP contribution in [0.1, 0.15) is 33.5 Å². The number of hydrogen-bond acceptors (Lipinski definition) is 5. The predicted molar refractivity (Wildman–Crippen MR) is 106 cm³/mol. The molecule has 0 saturated carbocycles. The van der Waals surface area contributed by atoms with E-state index in [-0.39, 0.29) is 12.5 Å². The minimum Gasteiger partial charge on any atom is -0.459 e. The number of nitriles is 1. The van der Waals surface area contributed by atoms with Crippen molar-refractivity contribution in [2.75, 3.05) is 12.0 Å².